The lowest BCUT2D eigenvalue weighted by atomic mass is 10.1. The van der Waals surface area contributed by atoms with Gasteiger partial charge in [-0.3, -0.25) is 9.56 Å². The molecule has 1 unspecified atom stereocenters. The average Bonchev–Trinajstić information content (AvgIpc) is 3.17. The molecule has 4 rings (SSSR count). The minimum Gasteiger partial charge on any atom is -0.493 e. The summed E-state index contributed by atoms with van der Waals surface area (Å²) < 4.78 is 2.46. The molecule has 25 heavy (non-hydrogen) atoms. The molecule has 3 aromatic rings. The van der Waals surface area contributed by atoms with Gasteiger partial charge in [0.05, 0.1) is 16.6 Å². The molecule has 0 bridgehead atoms. The molecule has 0 amide bonds. The van der Waals surface area contributed by atoms with Gasteiger partial charge in [0, 0.05) is 17.4 Å². The molecule has 0 spiro atoms. The second-order valence-corrected chi connectivity index (χ2v) is 7.56. The van der Waals surface area contributed by atoms with Crippen LogP contribution in [0, 0.1) is 3.95 Å². The molecule has 0 radical (unpaired) electrons. The number of aromatic hydroxyl groups is 1. The van der Waals surface area contributed by atoms with E-state index in [1.54, 1.807) is 4.57 Å². The standard InChI is InChI=1S/C20H16N2OS2/c1-13(14-7-3-2-4-8-14)22-19(23)18(25-20(22)24)11-15-12-21-17-10-6-5-9-16(15)17/h2-13,23H,1H3/b15-11-. The number of hydrogen-bond acceptors (Lipinski definition) is 4. The Kier molecular flexibility index (Phi) is 4.11. The van der Waals surface area contributed by atoms with E-state index in [2.05, 4.69) is 4.99 Å². The molecule has 1 N–H and O–H groups in total. The predicted molar refractivity (Wildman–Crippen MR) is 108 cm³/mol. The average molecular weight is 364 g/mol. The van der Waals surface area contributed by atoms with Gasteiger partial charge in [0.25, 0.3) is 0 Å². The van der Waals surface area contributed by atoms with E-state index in [1.165, 1.54) is 11.3 Å². The Morgan fingerprint density at radius 2 is 1.84 bits per heavy atom. The van der Waals surface area contributed by atoms with Gasteiger partial charge in [-0.2, -0.15) is 0 Å². The number of aliphatic imine (C=N–C) groups is 1. The van der Waals surface area contributed by atoms with Crippen LogP contribution >= 0.6 is 23.6 Å². The molecule has 0 saturated heterocycles. The van der Waals surface area contributed by atoms with E-state index in [0.29, 0.717) is 3.95 Å². The molecule has 3 nitrogen and oxygen atoms in total. The number of benzene rings is 2. The Labute approximate surface area is 155 Å². The molecular formula is C20H16N2OS2. The Balaban J connectivity index is 1.76. The van der Waals surface area contributed by atoms with E-state index in [-0.39, 0.29) is 11.9 Å². The molecule has 1 aliphatic heterocycles. The number of para-hydroxylation sites is 1. The van der Waals surface area contributed by atoms with Gasteiger partial charge in [-0.05, 0) is 36.8 Å². The van der Waals surface area contributed by atoms with Crippen molar-refractivity contribution < 1.29 is 5.11 Å². The first-order valence-corrected chi connectivity index (χ1v) is 9.22. The summed E-state index contributed by atoms with van der Waals surface area (Å²) >= 11 is 6.93. The summed E-state index contributed by atoms with van der Waals surface area (Å²) in [5.74, 6) is 0.205. The van der Waals surface area contributed by atoms with Crippen molar-refractivity contribution >= 4 is 47.1 Å². The molecule has 2 heterocycles. The highest BCUT2D eigenvalue weighted by molar-refractivity contribution is 7.73. The van der Waals surface area contributed by atoms with Gasteiger partial charge in [-0.15, -0.1) is 11.3 Å². The van der Waals surface area contributed by atoms with Gasteiger partial charge in [0.15, 0.2) is 3.95 Å². The Morgan fingerprint density at radius 1 is 1.12 bits per heavy atom. The topological polar surface area (TPSA) is 37.5 Å². The normalized spacial score (nSPS) is 15.5. The highest BCUT2D eigenvalue weighted by atomic mass is 32.1. The molecule has 1 aromatic heterocycles. The quantitative estimate of drug-likeness (QED) is 0.592. The number of thiazole rings is 1. The number of nitrogens with zero attached hydrogens (tertiary/aromatic N) is 2. The van der Waals surface area contributed by atoms with Gasteiger partial charge in [0.2, 0.25) is 5.88 Å². The summed E-state index contributed by atoms with van der Waals surface area (Å²) in [7, 11) is 0. The summed E-state index contributed by atoms with van der Waals surface area (Å²) in [5.41, 5.74) is 4.12. The van der Waals surface area contributed by atoms with Crippen molar-refractivity contribution in [2.45, 2.75) is 13.0 Å². The van der Waals surface area contributed by atoms with Crippen LogP contribution in [0.25, 0.3) is 11.6 Å². The maximum Gasteiger partial charge on any atom is 0.211 e. The molecule has 124 valence electrons. The number of rotatable bonds is 3. The first kappa shape index (κ1) is 16.0. The predicted octanol–water partition coefficient (Wildman–Crippen LogP) is 5.85. The minimum absolute atomic E-state index is 0.0263. The van der Waals surface area contributed by atoms with Crippen molar-refractivity contribution in [3.8, 4) is 5.88 Å². The zero-order valence-electron chi connectivity index (χ0n) is 13.6. The second kappa shape index (κ2) is 6.43. The van der Waals surface area contributed by atoms with Crippen LogP contribution in [-0.2, 0) is 0 Å². The van der Waals surface area contributed by atoms with Crippen molar-refractivity contribution in [2.24, 2.45) is 4.99 Å². The number of hydrogen-bond donors (Lipinski definition) is 1. The maximum atomic E-state index is 10.8. The zero-order chi connectivity index (χ0) is 17.4. The van der Waals surface area contributed by atoms with Gasteiger partial charge in [-0.25, -0.2) is 0 Å². The summed E-state index contributed by atoms with van der Waals surface area (Å²) in [5, 5.41) is 10.8. The Bertz CT molecular complexity index is 1050. The fourth-order valence-electron chi connectivity index (χ4n) is 3.01. The van der Waals surface area contributed by atoms with E-state index in [9.17, 15) is 5.11 Å². The van der Waals surface area contributed by atoms with E-state index in [0.717, 1.165) is 27.3 Å². The molecule has 0 aliphatic carbocycles. The van der Waals surface area contributed by atoms with Crippen LogP contribution in [0.4, 0.5) is 5.69 Å². The molecule has 0 fully saturated rings. The van der Waals surface area contributed by atoms with E-state index < -0.39 is 0 Å². The first-order valence-electron chi connectivity index (χ1n) is 7.99. The van der Waals surface area contributed by atoms with Crippen LogP contribution in [0.15, 0.2) is 59.6 Å². The Morgan fingerprint density at radius 3 is 2.64 bits per heavy atom. The van der Waals surface area contributed by atoms with Gasteiger partial charge >= 0.3 is 0 Å². The number of aromatic nitrogens is 1. The monoisotopic (exact) mass is 364 g/mol. The number of allylic oxidation sites excluding steroid dienone is 1. The van der Waals surface area contributed by atoms with Crippen molar-refractivity contribution in [2.75, 3.05) is 0 Å². The summed E-state index contributed by atoms with van der Waals surface area (Å²) in [6.07, 6.45) is 3.79. The largest absolute Gasteiger partial charge is 0.493 e. The van der Waals surface area contributed by atoms with Crippen LogP contribution < -0.4 is 0 Å². The van der Waals surface area contributed by atoms with E-state index in [4.69, 9.17) is 12.2 Å². The minimum atomic E-state index is -0.0263. The second-order valence-electron chi connectivity index (χ2n) is 5.89. The summed E-state index contributed by atoms with van der Waals surface area (Å²) in [4.78, 5) is 5.17. The molecular weight excluding hydrogens is 348 g/mol. The summed E-state index contributed by atoms with van der Waals surface area (Å²) in [6, 6.07) is 18.0. The van der Waals surface area contributed by atoms with E-state index >= 15 is 0 Å². The third kappa shape index (κ3) is 2.86. The van der Waals surface area contributed by atoms with Gasteiger partial charge in [0.1, 0.15) is 0 Å². The van der Waals surface area contributed by atoms with Crippen LogP contribution in [-0.4, -0.2) is 15.9 Å². The van der Waals surface area contributed by atoms with Crippen molar-refractivity contribution in [3.05, 3.63) is 74.6 Å². The van der Waals surface area contributed by atoms with Crippen molar-refractivity contribution in [1.82, 2.24) is 4.57 Å². The van der Waals surface area contributed by atoms with Crippen LogP contribution in [0.5, 0.6) is 5.88 Å². The van der Waals surface area contributed by atoms with Crippen molar-refractivity contribution in [1.29, 1.82) is 0 Å². The first-order chi connectivity index (χ1) is 12.1. The maximum absolute atomic E-state index is 10.8. The smallest absolute Gasteiger partial charge is 0.211 e. The summed E-state index contributed by atoms with van der Waals surface area (Å²) in [6.45, 7) is 2.04. The highest BCUT2D eigenvalue weighted by Gasteiger charge is 2.18. The molecule has 0 saturated carbocycles. The zero-order valence-corrected chi connectivity index (χ0v) is 15.2. The van der Waals surface area contributed by atoms with E-state index in [1.807, 2.05) is 73.8 Å². The molecule has 1 aliphatic rings. The molecule has 1 atom stereocenters. The Hall–Kier alpha value is -2.50. The third-order valence-electron chi connectivity index (χ3n) is 4.36. The third-order valence-corrected chi connectivity index (χ3v) is 5.69. The van der Waals surface area contributed by atoms with Crippen LogP contribution in [0.3, 0.4) is 0 Å². The fraction of sp³-hybridized carbons (Fsp3) is 0.100. The lowest BCUT2D eigenvalue weighted by Crippen LogP contribution is -2.05. The number of fused-ring (bicyclic) bond motifs is 1. The SMILES string of the molecule is CC(c1ccccc1)n1c(O)c(/C=C2/C=Nc3ccccc32)sc1=S. The van der Waals surface area contributed by atoms with Crippen LogP contribution in [0.1, 0.15) is 29.0 Å². The van der Waals surface area contributed by atoms with Gasteiger partial charge < -0.3 is 5.11 Å². The molecule has 5 heteroatoms. The fourth-order valence-corrected chi connectivity index (χ4v) is 4.43. The van der Waals surface area contributed by atoms with Gasteiger partial charge in [-0.1, -0.05) is 48.5 Å². The van der Waals surface area contributed by atoms with Crippen LogP contribution in [0.2, 0.25) is 0 Å². The van der Waals surface area contributed by atoms with Crippen molar-refractivity contribution in [3.63, 3.8) is 0 Å². The highest BCUT2D eigenvalue weighted by Crippen LogP contribution is 2.37. The molecule has 2 aromatic carbocycles. The lowest BCUT2D eigenvalue weighted by molar-refractivity contribution is 0.404. The lowest BCUT2D eigenvalue weighted by Gasteiger charge is -2.15.